The lowest BCUT2D eigenvalue weighted by molar-refractivity contribution is -0.158. The maximum atomic E-state index is 13.1. The van der Waals surface area contributed by atoms with Gasteiger partial charge in [-0.25, -0.2) is 4.79 Å². The number of esters is 1. The summed E-state index contributed by atoms with van der Waals surface area (Å²) in [6, 6.07) is 17.7. The minimum absolute atomic E-state index is 0.174. The Morgan fingerprint density at radius 3 is 2.30 bits per heavy atom. The summed E-state index contributed by atoms with van der Waals surface area (Å²) in [7, 11) is 1.56. The van der Waals surface area contributed by atoms with Gasteiger partial charge in [0.15, 0.2) is 0 Å². The number of benzene rings is 2. The molecule has 0 aromatic heterocycles. The van der Waals surface area contributed by atoms with E-state index < -0.39 is 12.1 Å². The van der Waals surface area contributed by atoms with Gasteiger partial charge in [0.25, 0.3) is 5.91 Å². The number of nitrogens with zero attached hydrogens (tertiary/aromatic N) is 2. The lowest BCUT2D eigenvalue weighted by Gasteiger charge is -2.30. The number of methoxy groups -OCH3 is 1. The van der Waals surface area contributed by atoms with Gasteiger partial charge in [0.2, 0.25) is 6.10 Å². The maximum absolute atomic E-state index is 13.1. The van der Waals surface area contributed by atoms with Crippen LogP contribution in [0.4, 0.5) is 0 Å². The SMILES string of the molecule is COc1ccc(/C=C(\C#N)C(=O)OC(C(=O)N2CCCCC2)c2ccccc2)cc1. The fourth-order valence-electron chi connectivity index (χ4n) is 3.34. The van der Waals surface area contributed by atoms with E-state index in [-0.39, 0.29) is 11.5 Å². The van der Waals surface area contributed by atoms with E-state index in [4.69, 9.17) is 9.47 Å². The van der Waals surface area contributed by atoms with Crippen molar-refractivity contribution in [1.29, 1.82) is 5.26 Å². The fraction of sp³-hybridized carbons (Fsp3) is 0.292. The molecule has 1 atom stereocenters. The number of amides is 1. The molecular weight excluding hydrogens is 380 g/mol. The zero-order chi connectivity index (χ0) is 21.3. The Kier molecular flexibility index (Phi) is 7.23. The van der Waals surface area contributed by atoms with E-state index in [2.05, 4.69) is 0 Å². The first-order valence-electron chi connectivity index (χ1n) is 9.93. The van der Waals surface area contributed by atoms with Gasteiger partial charge < -0.3 is 14.4 Å². The number of piperidine rings is 1. The van der Waals surface area contributed by atoms with Gasteiger partial charge in [0.05, 0.1) is 7.11 Å². The van der Waals surface area contributed by atoms with Crippen LogP contribution in [-0.2, 0) is 14.3 Å². The van der Waals surface area contributed by atoms with Crippen LogP contribution >= 0.6 is 0 Å². The molecule has 1 unspecified atom stereocenters. The number of ether oxygens (including phenoxy) is 2. The first kappa shape index (κ1) is 21.1. The van der Waals surface area contributed by atoms with Crippen LogP contribution in [-0.4, -0.2) is 37.0 Å². The van der Waals surface area contributed by atoms with E-state index in [1.165, 1.54) is 6.08 Å². The van der Waals surface area contributed by atoms with Crippen molar-refractivity contribution < 1.29 is 19.1 Å². The highest BCUT2D eigenvalue weighted by molar-refractivity contribution is 5.99. The molecule has 0 saturated carbocycles. The maximum Gasteiger partial charge on any atom is 0.350 e. The molecule has 0 bridgehead atoms. The molecule has 0 aliphatic carbocycles. The van der Waals surface area contributed by atoms with Gasteiger partial charge in [-0.3, -0.25) is 4.79 Å². The second-order valence-electron chi connectivity index (χ2n) is 7.02. The predicted octanol–water partition coefficient (Wildman–Crippen LogP) is 3.90. The number of hydrogen-bond acceptors (Lipinski definition) is 5. The van der Waals surface area contributed by atoms with Gasteiger partial charge in [0, 0.05) is 18.7 Å². The molecular formula is C24H24N2O4. The molecule has 6 nitrogen and oxygen atoms in total. The van der Waals surface area contributed by atoms with Crippen molar-refractivity contribution in [3.8, 4) is 11.8 Å². The van der Waals surface area contributed by atoms with E-state index in [1.54, 1.807) is 60.5 Å². The highest BCUT2D eigenvalue weighted by Gasteiger charge is 2.31. The number of nitriles is 1. The summed E-state index contributed by atoms with van der Waals surface area (Å²) in [4.78, 5) is 27.6. The Morgan fingerprint density at radius 1 is 1.03 bits per heavy atom. The molecule has 1 heterocycles. The third-order valence-corrected chi connectivity index (χ3v) is 4.99. The quantitative estimate of drug-likeness (QED) is 0.414. The van der Waals surface area contributed by atoms with Crippen molar-refractivity contribution in [2.24, 2.45) is 0 Å². The summed E-state index contributed by atoms with van der Waals surface area (Å²) in [5.74, 6) is -0.409. The van der Waals surface area contributed by atoms with Crippen LogP contribution in [0.25, 0.3) is 6.08 Å². The standard InChI is InChI=1S/C24H24N2O4/c1-29-21-12-10-18(11-13-21)16-20(17-25)24(28)30-22(19-8-4-2-5-9-19)23(27)26-14-6-3-7-15-26/h2,4-5,8-13,16,22H,3,6-7,14-15H2,1H3/b20-16+. The molecule has 2 aromatic rings. The van der Waals surface area contributed by atoms with Crippen LogP contribution in [0.2, 0.25) is 0 Å². The second-order valence-corrected chi connectivity index (χ2v) is 7.02. The zero-order valence-electron chi connectivity index (χ0n) is 16.9. The third-order valence-electron chi connectivity index (χ3n) is 4.99. The van der Waals surface area contributed by atoms with Gasteiger partial charge in [-0.2, -0.15) is 5.26 Å². The second kappa shape index (κ2) is 10.3. The van der Waals surface area contributed by atoms with Crippen molar-refractivity contribution in [3.63, 3.8) is 0 Å². The number of rotatable bonds is 6. The number of carbonyl (C=O) groups excluding carboxylic acids is 2. The molecule has 1 saturated heterocycles. The van der Waals surface area contributed by atoms with E-state index in [0.29, 0.717) is 30.0 Å². The molecule has 154 valence electrons. The third kappa shape index (κ3) is 5.26. The van der Waals surface area contributed by atoms with Crippen LogP contribution in [0.5, 0.6) is 5.75 Å². The molecule has 0 N–H and O–H groups in total. The molecule has 1 aliphatic heterocycles. The van der Waals surface area contributed by atoms with Crippen molar-refractivity contribution >= 4 is 18.0 Å². The van der Waals surface area contributed by atoms with Gasteiger partial charge in [0.1, 0.15) is 17.4 Å². The highest BCUT2D eigenvalue weighted by Crippen LogP contribution is 2.24. The number of likely N-dealkylation sites (tertiary alicyclic amines) is 1. The van der Waals surface area contributed by atoms with Crippen LogP contribution in [0, 0.1) is 11.3 Å². The molecule has 0 spiro atoms. The van der Waals surface area contributed by atoms with Crippen LogP contribution in [0.3, 0.4) is 0 Å². The van der Waals surface area contributed by atoms with Gasteiger partial charge in [-0.15, -0.1) is 0 Å². The first-order chi connectivity index (χ1) is 14.6. The van der Waals surface area contributed by atoms with Crippen LogP contribution in [0.15, 0.2) is 60.2 Å². The van der Waals surface area contributed by atoms with E-state index in [1.807, 2.05) is 12.1 Å². The van der Waals surface area contributed by atoms with Crippen molar-refractivity contribution in [1.82, 2.24) is 4.90 Å². The molecule has 3 rings (SSSR count). The Labute approximate surface area is 176 Å². The molecule has 1 fully saturated rings. The summed E-state index contributed by atoms with van der Waals surface area (Å²) in [5.41, 5.74) is 1.07. The Morgan fingerprint density at radius 2 is 1.70 bits per heavy atom. The molecule has 2 aromatic carbocycles. The number of hydrogen-bond donors (Lipinski definition) is 0. The summed E-state index contributed by atoms with van der Waals surface area (Å²) < 4.78 is 10.7. The minimum Gasteiger partial charge on any atom is -0.497 e. The molecule has 0 radical (unpaired) electrons. The molecule has 1 amide bonds. The number of carbonyl (C=O) groups is 2. The van der Waals surface area contributed by atoms with Crippen molar-refractivity contribution in [3.05, 3.63) is 71.3 Å². The zero-order valence-corrected chi connectivity index (χ0v) is 16.9. The van der Waals surface area contributed by atoms with E-state index in [9.17, 15) is 14.9 Å². The summed E-state index contributed by atoms with van der Waals surface area (Å²) in [5, 5.41) is 9.49. The lowest BCUT2D eigenvalue weighted by atomic mass is 10.1. The Hall–Kier alpha value is -3.59. The smallest absolute Gasteiger partial charge is 0.350 e. The molecule has 1 aliphatic rings. The average molecular weight is 404 g/mol. The van der Waals surface area contributed by atoms with Crippen molar-refractivity contribution in [2.75, 3.05) is 20.2 Å². The predicted molar refractivity (Wildman–Crippen MR) is 112 cm³/mol. The van der Waals surface area contributed by atoms with Crippen LogP contribution in [0.1, 0.15) is 36.5 Å². The Balaban J connectivity index is 1.83. The average Bonchev–Trinajstić information content (AvgIpc) is 2.82. The van der Waals surface area contributed by atoms with Crippen LogP contribution < -0.4 is 4.74 Å². The van der Waals surface area contributed by atoms with E-state index in [0.717, 1.165) is 19.3 Å². The monoisotopic (exact) mass is 404 g/mol. The van der Waals surface area contributed by atoms with Crippen molar-refractivity contribution in [2.45, 2.75) is 25.4 Å². The first-order valence-corrected chi connectivity index (χ1v) is 9.93. The minimum atomic E-state index is -1.08. The van der Waals surface area contributed by atoms with Gasteiger partial charge in [-0.05, 0) is 43.0 Å². The largest absolute Gasteiger partial charge is 0.497 e. The fourth-order valence-corrected chi connectivity index (χ4v) is 3.34. The Bertz CT molecular complexity index is 939. The normalized spacial score (nSPS) is 15.1. The summed E-state index contributed by atoms with van der Waals surface area (Å²) >= 11 is 0. The van der Waals surface area contributed by atoms with E-state index >= 15 is 0 Å². The topological polar surface area (TPSA) is 79.6 Å². The summed E-state index contributed by atoms with van der Waals surface area (Å²) in [6.07, 6.45) is 3.31. The molecule has 6 heteroatoms. The molecule has 30 heavy (non-hydrogen) atoms. The lowest BCUT2D eigenvalue weighted by Crippen LogP contribution is -2.40. The highest BCUT2D eigenvalue weighted by atomic mass is 16.5. The van der Waals surface area contributed by atoms with Gasteiger partial charge in [-0.1, -0.05) is 42.5 Å². The summed E-state index contributed by atoms with van der Waals surface area (Å²) in [6.45, 7) is 1.29. The van der Waals surface area contributed by atoms with Gasteiger partial charge >= 0.3 is 5.97 Å².